The highest BCUT2D eigenvalue weighted by molar-refractivity contribution is 6.01. The summed E-state index contributed by atoms with van der Waals surface area (Å²) in [6.07, 6.45) is 0.922. The number of nitrogens with zero attached hydrogens (tertiary/aromatic N) is 3. The lowest BCUT2D eigenvalue weighted by Crippen LogP contribution is -2.74. The van der Waals surface area contributed by atoms with Crippen LogP contribution in [0.25, 0.3) is 10.9 Å². The van der Waals surface area contributed by atoms with E-state index in [1.807, 2.05) is 44.4 Å². The molecule has 4 aliphatic rings. The van der Waals surface area contributed by atoms with E-state index < -0.39 is 41.6 Å². The maximum absolute atomic E-state index is 14.0. The third-order valence-corrected chi connectivity index (χ3v) is 8.08. The highest BCUT2D eigenvalue weighted by Gasteiger charge is 2.66. The van der Waals surface area contributed by atoms with Crippen molar-refractivity contribution in [2.45, 2.75) is 82.7 Å². The van der Waals surface area contributed by atoms with E-state index in [2.05, 4.69) is 0 Å². The zero-order valence-electron chi connectivity index (χ0n) is 21.7. The molecule has 0 spiro atoms. The number of aromatic nitrogens is 1. The molecule has 0 unspecified atom stereocenters. The van der Waals surface area contributed by atoms with Gasteiger partial charge in [-0.05, 0) is 58.7 Å². The molecule has 2 fully saturated rings. The highest BCUT2D eigenvalue weighted by atomic mass is 17.2. The molecule has 2 N–H and O–H groups in total. The SMILES string of the molecule is COc1ccc2c3c4n(c2c1)[C@H](C=C(C)C)OOC(C)(C)C[C@@H]4N1C(=O)[C@@H]2CCCN2C(=O)[C@]1(O)[C@H]3O. The first-order valence-electron chi connectivity index (χ1n) is 12.8. The first kappa shape index (κ1) is 24.4. The Balaban J connectivity index is 1.71. The first-order valence-corrected chi connectivity index (χ1v) is 12.8. The number of piperazine rings is 1. The van der Waals surface area contributed by atoms with Gasteiger partial charge in [-0.1, -0.05) is 5.57 Å². The fraction of sp³-hybridized carbons (Fsp3) is 0.556. The lowest BCUT2D eigenvalue weighted by atomic mass is 9.79. The van der Waals surface area contributed by atoms with Crippen molar-refractivity contribution < 1.29 is 34.3 Å². The van der Waals surface area contributed by atoms with Gasteiger partial charge < -0.3 is 24.4 Å². The summed E-state index contributed by atoms with van der Waals surface area (Å²) in [5.74, 6) is -0.409. The topological polar surface area (TPSA) is 114 Å². The Morgan fingerprint density at radius 1 is 1.22 bits per heavy atom. The van der Waals surface area contributed by atoms with E-state index in [4.69, 9.17) is 14.5 Å². The van der Waals surface area contributed by atoms with Crippen molar-refractivity contribution in [1.29, 1.82) is 0 Å². The molecule has 0 radical (unpaired) electrons. The van der Waals surface area contributed by atoms with Gasteiger partial charge in [-0.2, -0.15) is 0 Å². The number of hydrogen-bond donors (Lipinski definition) is 2. The summed E-state index contributed by atoms with van der Waals surface area (Å²) in [5.41, 5.74) is -0.644. The highest BCUT2D eigenvalue weighted by Crippen LogP contribution is 2.55. The number of hydrogen-bond acceptors (Lipinski definition) is 7. The fourth-order valence-corrected chi connectivity index (χ4v) is 6.54. The molecule has 0 bridgehead atoms. The second kappa shape index (κ2) is 8.04. The van der Waals surface area contributed by atoms with Crippen LogP contribution in [0.4, 0.5) is 0 Å². The Bertz CT molecular complexity index is 1340. The number of fused-ring (bicyclic) bond motifs is 6. The summed E-state index contributed by atoms with van der Waals surface area (Å²) >= 11 is 0. The third-order valence-electron chi connectivity index (χ3n) is 8.08. The number of carbonyl (C=O) groups excluding carboxylic acids is 2. The zero-order chi connectivity index (χ0) is 26.4. The van der Waals surface area contributed by atoms with Gasteiger partial charge in [-0.3, -0.25) is 14.5 Å². The summed E-state index contributed by atoms with van der Waals surface area (Å²) in [7, 11) is 1.57. The lowest BCUT2D eigenvalue weighted by Gasteiger charge is -2.56. The average Bonchev–Trinajstić information content (AvgIpc) is 3.46. The van der Waals surface area contributed by atoms with Gasteiger partial charge in [0.15, 0.2) is 6.23 Å². The monoisotopic (exact) mass is 511 g/mol. The van der Waals surface area contributed by atoms with Crippen LogP contribution in [0.5, 0.6) is 5.75 Å². The van der Waals surface area contributed by atoms with E-state index >= 15 is 0 Å². The van der Waals surface area contributed by atoms with Crippen LogP contribution in [-0.4, -0.2) is 67.4 Å². The minimum Gasteiger partial charge on any atom is -0.497 e. The molecule has 37 heavy (non-hydrogen) atoms. The number of aliphatic hydroxyl groups is 2. The molecular formula is C27H33N3O7. The molecule has 0 saturated carbocycles. The van der Waals surface area contributed by atoms with Gasteiger partial charge in [-0.25, -0.2) is 9.78 Å². The summed E-state index contributed by atoms with van der Waals surface area (Å²) in [4.78, 5) is 42.4. The largest absolute Gasteiger partial charge is 0.497 e. The number of carbonyl (C=O) groups is 2. The third kappa shape index (κ3) is 3.26. The predicted molar refractivity (Wildman–Crippen MR) is 132 cm³/mol. The van der Waals surface area contributed by atoms with Crippen LogP contribution < -0.4 is 4.74 Å². The Kier molecular flexibility index (Phi) is 5.30. The smallest absolute Gasteiger partial charge is 0.279 e. The van der Waals surface area contributed by atoms with Crippen LogP contribution in [0.2, 0.25) is 0 Å². The van der Waals surface area contributed by atoms with Gasteiger partial charge in [0, 0.05) is 30.0 Å². The Morgan fingerprint density at radius 3 is 2.68 bits per heavy atom. The summed E-state index contributed by atoms with van der Waals surface area (Å²) in [6, 6.07) is 3.99. The molecule has 2 aromatic rings. The van der Waals surface area contributed by atoms with E-state index in [0.29, 0.717) is 47.3 Å². The molecule has 5 atom stereocenters. The van der Waals surface area contributed by atoms with E-state index in [1.54, 1.807) is 19.2 Å². The van der Waals surface area contributed by atoms with E-state index in [1.165, 1.54) is 9.80 Å². The second-order valence-electron chi connectivity index (χ2n) is 11.3. The van der Waals surface area contributed by atoms with E-state index in [0.717, 1.165) is 5.57 Å². The molecular weight excluding hydrogens is 478 g/mol. The normalized spacial score (nSPS) is 32.4. The standard InChI is InChI=1S/C27H33N3O7/c1-14(2)11-20-29-18-12-15(35-5)8-9-16(18)21-22(29)19(13-26(3,4)37-36-20)30-24(32)17-7-6-10-28(17)25(33)27(30,34)23(21)31/h8-9,11-12,17,19-20,23,31,34H,6-7,10,13H2,1-5H3/t17-,19-,20-,23-,27+/m0/s1. The van der Waals surface area contributed by atoms with Crippen molar-refractivity contribution >= 4 is 22.7 Å². The number of methoxy groups -OCH3 is 1. The number of aliphatic hydroxyl groups excluding tert-OH is 1. The van der Waals surface area contributed by atoms with Crippen molar-refractivity contribution in [3.05, 3.63) is 41.1 Å². The van der Waals surface area contributed by atoms with E-state index in [9.17, 15) is 19.8 Å². The van der Waals surface area contributed by atoms with Gasteiger partial charge in [0.1, 0.15) is 23.5 Å². The molecule has 6 rings (SSSR count). The van der Waals surface area contributed by atoms with Crippen LogP contribution in [0.1, 0.15) is 76.6 Å². The molecule has 1 aromatic carbocycles. The minimum absolute atomic E-state index is 0.232. The molecule has 10 heteroatoms. The summed E-state index contributed by atoms with van der Waals surface area (Å²) in [6.45, 7) is 7.95. The Morgan fingerprint density at radius 2 is 1.97 bits per heavy atom. The molecule has 5 heterocycles. The Labute approximate surface area is 214 Å². The number of allylic oxidation sites excluding steroid dienone is 1. The van der Waals surface area contributed by atoms with Gasteiger partial charge >= 0.3 is 0 Å². The van der Waals surface area contributed by atoms with Crippen LogP contribution in [0.3, 0.4) is 0 Å². The number of amides is 2. The quantitative estimate of drug-likeness (QED) is 0.471. The number of rotatable bonds is 2. The van der Waals surface area contributed by atoms with Crippen LogP contribution in [0, 0.1) is 0 Å². The number of ether oxygens (including phenoxy) is 1. The summed E-state index contributed by atoms with van der Waals surface area (Å²) in [5, 5.41) is 24.6. The molecule has 10 nitrogen and oxygen atoms in total. The number of benzene rings is 1. The molecule has 1 aromatic heterocycles. The van der Waals surface area contributed by atoms with Crippen LogP contribution >= 0.6 is 0 Å². The fourth-order valence-electron chi connectivity index (χ4n) is 6.54. The molecule has 4 aliphatic heterocycles. The van der Waals surface area contributed by atoms with Gasteiger partial charge in [0.2, 0.25) is 5.91 Å². The van der Waals surface area contributed by atoms with Crippen molar-refractivity contribution in [3.8, 4) is 5.75 Å². The van der Waals surface area contributed by atoms with Crippen molar-refractivity contribution in [3.63, 3.8) is 0 Å². The average molecular weight is 512 g/mol. The maximum Gasteiger partial charge on any atom is 0.279 e. The maximum atomic E-state index is 14.0. The van der Waals surface area contributed by atoms with Gasteiger partial charge in [0.25, 0.3) is 11.6 Å². The van der Waals surface area contributed by atoms with Crippen molar-refractivity contribution in [2.75, 3.05) is 13.7 Å². The molecule has 198 valence electrons. The van der Waals surface area contributed by atoms with Crippen LogP contribution in [0.15, 0.2) is 29.8 Å². The van der Waals surface area contributed by atoms with Crippen molar-refractivity contribution in [2.24, 2.45) is 0 Å². The van der Waals surface area contributed by atoms with Crippen molar-refractivity contribution in [1.82, 2.24) is 14.4 Å². The predicted octanol–water partition coefficient (Wildman–Crippen LogP) is 2.86. The lowest BCUT2D eigenvalue weighted by molar-refractivity contribution is -0.390. The molecule has 0 aliphatic carbocycles. The zero-order valence-corrected chi connectivity index (χ0v) is 21.7. The second-order valence-corrected chi connectivity index (χ2v) is 11.3. The van der Waals surface area contributed by atoms with Crippen LogP contribution in [-0.2, 0) is 19.4 Å². The van der Waals surface area contributed by atoms with E-state index in [-0.39, 0.29) is 12.3 Å². The molecule has 2 saturated heterocycles. The minimum atomic E-state index is -2.43. The van der Waals surface area contributed by atoms with Gasteiger partial charge in [0.05, 0.1) is 24.4 Å². The summed E-state index contributed by atoms with van der Waals surface area (Å²) < 4.78 is 7.38. The molecule has 2 amide bonds. The Hall–Kier alpha value is -2.92. The first-order chi connectivity index (χ1) is 17.5. The van der Waals surface area contributed by atoms with Gasteiger partial charge in [-0.15, -0.1) is 0 Å².